The maximum Gasteiger partial charge on any atom is 0.217 e. The lowest BCUT2D eigenvalue weighted by Crippen LogP contribution is -2.71. The van der Waals surface area contributed by atoms with Gasteiger partial charge in [0.15, 0.2) is 18.9 Å². The van der Waals surface area contributed by atoms with Gasteiger partial charge in [0.2, 0.25) is 17.7 Å². The molecule has 3 rings (SSSR count). The summed E-state index contributed by atoms with van der Waals surface area (Å²) in [4.78, 5) is 35.9. The molecule has 0 aromatic rings. The van der Waals surface area contributed by atoms with Crippen molar-refractivity contribution in [3.63, 3.8) is 0 Å². The van der Waals surface area contributed by atoms with Crippen molar-refractivity contribution in [2.75, 3.05) is 19.8 Å². The van der Waals surface area contributed by atoms with Crippen LogP contribution in [-0.2, 0) is 38.1 Å². The molecule has 0 radical (unpaired) electrons. The molecule has 19 heteroatoms. The fourth-order valence-electron chi connectivity index (χ4n) is 5.26. The van der Waals surface area contributed by atoms with Crippen molar-refractivity contribution in [1.29, 1.82) is 0 Å². The minimum Gasteiger partial charge on any atom is -0.394 e. The third-order valence-corrected chi connectivity index (χ3v) is 7.30. The maximum absolute atomic E-state index is 12.1. The van der Waals surface area contributed by atoms with Gasteiger partial charge in [0.05, 0.1) is 19.8 Å². The molecule has 19 nitrogen and oxygen atoms in total. The molecule has 0 saturated carbocycles. The van der Waals surface area contributed by atoms with E-state index in [1.165, 1.54) is 0 Å². The van der Waals surface area contributed by atoms with Gasteiger partial charge in [-0.3, -0.25) is 14.4 Å². The molecular formula is C24H41N3O16. The molecule has 3 aliphatic rings. The molecule has 0 aliphatic carbocycles. The Kier molecular flexibility index (Phi) is 12.5. The number of amides is 3. The van der Waals surface area contributed by atoms with E-state index in [2.05, 4.69) is 16.0 Å². The van der Waals surface area contributed by atoms with E-state index in [9.17, 15) is 55.2 Å². The summed E-state index contributed by atoms with van der Waals surface area (Å²) in [5.74, 6) is -2.01. The maximum atomic E-state index is 12.1. The number of aliphatic hydroxyl groups is 8. The summed E-state index contributed by atoms with van der Waals surface area (Å²) in [6, 6.07) is -4.40. The van der Waals surface area contributed by atoms with Crippen LogP contribution in [0.2, 0.25) is 0 Å². The summed E-state index contributed by atoms with van der Waals surface area (Å²) in [6.07, 6.45) is -19.4. The molecule has 3 saturated heterocycles. The molecule has 15 atom stereocenters. The zero-order valence-corrected chi connectivity index (χ0v) is 23.6. The molecule has 3 amide bonds. The standard InChI is InChI=1S/C24H41N3O16/c1-7(31)25-13-18(36)16(34)10(4-28)40-23(13)42-20-12(6-30)39-22(38)15(27-9(3)33)21(20)43-24-14(26-8(2)32)19(37)17(35)11(5-29)41-24/h10-24,28-30,34-38H,4-6H2,1-3H3,(H,25,31)(H,26,32)(H,27,33)/t10-,11-,12-,13-,14-,15-,16-,17+,18-,19-,20+,21-,22?,23-,24-/m1/s1. The van der Waals surface area contributed by atoms with Crippen molar-refractivity contribution in [3.8, 4) is 0 Å². The minimum atomic E-state index is -1.84. The molecule has 3 heterocycles. The molecular weight excluding hydrogens is 586 g/mol. The topological polar surface area (TPSA) is 295 Å². The van der Waals surface area contributed by atoms with Gasteiger partial charge < -0.3 is 80.5 Å². The van der Waals surface area contributed by atoms with Crippen LogP contribution in [0.1, 0.15) is 20.8 Å². The van der Waals surface area contributed by atoms with Crippen LogP contribution in [-0.4, -0.2) is 170 Å². The van der Waals surface area contributed by atoms with Crippen molar-refractivity contribution in [2.45, 2.75) is 113 Å². The molecule has 248 valence electrons. The van der Waals surface area contributed by atoms with Gasteiger partial charge >= 0.3 is 0 Å². The van der Waals surface area contributed by atoms with Crippen LogP contribution in [0.3, 0.4) is 0 Å². The predicted octanol–water partition coefficient (Wildman–Crippen LogP) is -7.14. The first kappa shape index (κ1) is 35.4. The highest BCUT2D eigenvalue weighted by molar-refractivity contribution is 5.74. The first-order valence-corrected chi connectivity index (χ1v) is 13.5. The van der Waals surface area contributed by atoms with Gasteiger partial charge in [0.25, 0.3) is 0 Å². The molecule has 0 bridgehead atoms. The monoisotopic (exact) mass is 627 g/mol. The Balaban J connectivity index is 2.04. The molecule has 3 fully saturated rings. The van der Waals surface area contributed by atoms with E-state index in [-0.39, 0.29) is 0 Å². The lowest BCUT2D eigenvalue weighted by molar-refractivity contribution is -0.355. The van der Waals surface area contributed by atoms with Gasteiger partial charge in [-0.15, -0.1) is 0 Å². The summed E-state index contributed by atoms with van der Waals surface area (Å²) in [6.45, 7) is 0.940. The van der Waals surface area contributed by atoms with E-state index in [1.807, 2.05) is 0 Å². The highest BCUT2D eigenvalue weighted by Crippen LogP contribution is 2.33. The number of aliphatic hydroxyl groups excluding tert-OH is 8. The Labute approximate surface area is 245 Å². The molecule has 11 N–H and O–H groups in total. The zero-order valence-electron chi connectivity index (χ0n) is 23.6. The van der Waals surface area contributed by atoms with Crippen molar-refractivity contribution in [2.24, 2.45) is 0 Å². The van der Waals surface area contributed by atoms with Gasteiger partial charge in [-0.2, -0.15) is 0 Å². The van der Waals surface area contributed by atoms with Crippen LogP contribution in [0.15, 0.2) is 0 Å². The normalized spacial score (nSPS) is 43.5. The van der Waals surface area contributed by atoms with Crippen LogP contribution in [0.5, 0.6) is 0 Å². The van der Waals surface area contributed by atoms with E-state index >= 15 is 0 Å². The van der Waals surface area contributed by atoms with E-state index in [4.69, 9.17) is 23.7 Å². The number of hydrogen-bond donors (Lipinski definition) is 11. The molecule has 0 aromatic heterocycles. The molecule has 1 unspecified atom stereocenters. The summed E-state index contributed by atoms with van der Waals surface area (Å²) < 4.78 is 28.8. The smallest absolute Gasteiger partial charge is 0.217 e. The average molecular weight is 628 g/mol. The van der Waals surface area contributed by atoms with Crippen molar-refractivity contribution >= 4 is 17.7 Å². The Morgan fingerprint density at radius 2 is 0.930 bits per heavy atom. The molecule has 0 spiro atoms. The Hall–Kier alpha value is -2.11. The first-order chi connectivity index (χ1) is 20.2. The third-order valence-electron chi connectivity index (χ3n) is 7.30. The molecule has 0 aromatic carbocycles. The summed E-state index contributed by atoms with van der Waals surface area (Å²) in [5.41, 5.74) is 0. The average Bonchev–Trinajstić information content (AvgIpc) is 2.94. The molecule has 3 aliphatic heterocycles. The second kappa shape index (κ2) is 15.3. The van der Waals surface area contributed by atoms with Crippen LogP contribution in [0, 0.1) is 0 Å². The Bertz CT molecular complexity index is 962. The van der Waals surface area contributed by atoms with Crippen LogP contribution in [0.4, 0.5) is 0 Å². The number of nitrogens with one attached hydrogen (secondary N) is 3. The van der Waals surface area contributed by atoms with Gasteiger partial charge in [0, 0.05) is 20.8 Å². The van der Waals surface area contributed by atoms with Crippen molar-refractivity contribution in [3.05, 3.63) is 0 Å². The number of carbonyl (C=O) groups excluding carboxylic acids is 3. The lowest BCUT2D eigenvalue weighted by Gasteiger charge is -2.50. The van der Waals surface area contributed by atoms with Gasteiger partial charge in [-0.05, 0) is 0 Å². The van der Waals surface area contributed by atoms with Gasteiger partial charge in [-0.1, -0.05) is 0 Å². The predicted molar refractivity (Wildman–Crippen MR) is 136 cm³/mol. The Morgan fingerprint density at radius 1 is 0.558 bits per heavy atom. The minimum absolute atomic E-state index is 0.662. The van der Waals surface area contributed by atoms with Crippen LogP contribution in [0.25, 0.3) is 0 Å². The summed E-state index contributed by atoms with van der Waals surface area (Å²) >= 11 is 0. The Morgan fingerprint density at radius 3 is 1.30 bits per heavy atom. The number of carbonyl (C=O) groups is 3. The fourth-order valence-corrected chi connectivity index (χ4v) is 5.26. The summed E-state index contributed by atoms with van der Waals surface area (Å²) in [5, 5.41) is 89.6. The highest BCUT2D eigenvalue weighted by atomic mass is 16.7. The van der Waals surface area contributed by atoms with E-state index < -0.39 is 129 Å². The van der Waals surface area contributed by atoms with Crippen molar-refractivity contribution in [1.82, 2.24) is 16.0 Å². The quantitative estimate of drug-likeness (QED) is 0.107. The fraction of sp³-hybridized carbons (Fsp3) is 0.875. The van der Waals surface area contributed by atoms with Crippen LogP contribution < -0.4 is 16.0 Å². The SMILES string of the molecule is CC(=O)N[C@H]1[C@@H](O[C@H]2[C@@H](O[C@H]3O[C@H](CO)[C@@H](O)[C@H](O)[C@H]3NC(C)=O)[C@@H](CO)OC(O)[C@@H]2NC(C)=O)O[C@H](CO)[C@H](O)[C@@H]1O. The first-order valence-electron chi connectivity index (χ1n) is 13.5. The number of rotatable bonds is 10. The largest absolute Gasteiger partial charge is 0.394 e. The lowest BCUT2D eigenvalue weighted by atomic mass is 9.93. The molecule has 43 heavy (non-hydrogen) atoms. The summed E-state index contributed by atoms with van der Waals surface area (Å²) in [7, 11) is 0. The van der Waals surface area contributed by atoms with Gasteiger partial charge in [0.1, 0.15) is 73.1 Å². The van der Waals surface area contributed by atoms with Crippen LogP contribution >= 0.6 is 0 Å². The van der Waals surface area contributed by atoms with E-state index in [1.54, 1.807) is 0 Å². The van der Waals surface area contributed by atoms with E-state index in [0.717, 1.165) is 20.8 Å². The van der Waals surface area contributed by atoms with Crippen molar-refractivity contribution < 1.29 is 78.9 Å². The number of hydrogen-bond acceptors (Lipinski definition) is 16. The van der Waals surface area contributed by atoms with Gasteiger partial charge in [-0.25, -0.2) is 0 Å². The third kappa shape index (κ3) is 8.14. The number of ether oxygens (including phenoxy) is 5. The highest BCUT2D eigenvalue weighted by Gasteiger charge is 2.55. The second-order valence-electron chi connectivity index (χ2n) is 10.5. The zero-order chi connectivity index (χ0) is 32.2. The second-order valence-corrected chi connectivity index (χ2v) is 10.5. The van der Waals surface area contributed by atoms with E-state index in [0.29, 0.717) is 0 Å².